The lowest BCUT2D eigenvalue weighted by atomic mass is 9.93. The number of nitrogens with zero attached hydrogens (tertiary/aromatic N) is 1. The van der Waals surface area contributed by atoms with Gasteiger partial charge < -0.3 is 39.5 Å². The Labute approximate surface area is 258 Å². The van der Waals surface area contributed by atoms with Crippen LogP contribution in [0.2, 0.25) is 0 Å². The van der Waals surface area contributed by atoms with Gasteiger partial charge in [0.05, 0.1) is 52.7 Å². The van der Waals surface area contributed by atoms with Crippen LogP contribution in [0.15, 0.2) is 60.8 Å². The van der Waals surface area contributed by atoms with Gasteiger partial charge >= 0.3 is 0 Å². The molecule has 232 valence electrons. The smallest absolute Gasteiger partial charge is 0.203 e. The van der Waals surface area contributed by atoms with Gasteiger partial charge in [-0.3, -0.25) is 4.79 Å². The Morgan fingerprint density at radius 2 is 1.44 bits per heavy atom. The zero-order chi connectivity index (χ0) is 30.3. The van der Waals surface area contributed by atoms with Crippen LogP contribution in [-0.2, 0) is 19.4 Å². The molecule has 0 saturated heterocycles. The standard InChI is InChI=1S/C33H40N2O7.ClH/c1-39-25-11-12-26-27(31(38)24-16-29(40-2)32(42-4)30(17-24)41-3)19-35(28(26)18-25)15-5-6-22-7-9-23(10-8-22)13-14-33(34,20-36)21-37;/h7-12,16-19,36-37H,5-6,13-15,20-21,34H2,1-4H3;1H. The molecule has 0 saturated carbocycles. The second kappa shape index (κ2) is 15.1. The van der Waals surface area contributed by atoms with Crippen LogP contribution < -0.4 is 24.7 Å². The summed E-state index contributed by atoms with van der Waals surface area (Å²) in [6.45, 7) is 0.200. The zero-order valence-corrected chi connectivity index (χ0v) is 25.9. The fourth-order valence-electron chi connectivity index (χ4n) is 5.06. The molecule has 10 heteroatoms. The summed E-state index contributed by atoms with van der Waals surface area (Å²) in [5.74, 6) is 1.83. The van der Waals surface area contributed by atoms with Crippen molar-refractivity contribution in [1.82, 2.24) is 4.57 Å². The number of fused-ring (bicyclic) bond motifs is 1. The van der Waals surface area contributed by atoms with Crippen molar-refractivity contribution in [3.05, 3.63) is 83.0 Å². The number of aromatic nitrogens is 1. The van der Waals surface area contributed by atoms with Gasteiger partial charge in [0.1, 0.15) is 5.75 Å². The number of rotatable bonds is 15. The molecule has 4 aromatic rings. The van der Waals surface area contributed by atoms with E-state index < -0.39 is 5.54 Å². The lowest BCUT2D eigenvalue weighted by Gasteiger charge is -2.24. The zero-order valence-electron chi connectivity index (χ0n) is 25.1. The number of hydrogen-bond donors (Lipinski definition) is 3. The number of halogens is 1. The number of benzene rings is 3. The predicted octanol–water partition coefficient (Wildman–Crippen LogP) is 4.58. The van der Waals surface area contributed by atoms with Gasteiger partial charge in [0.15, 0.2) is 17.3 Å². The summed E-state index contributed by atoms with van der Waals surface area (Å²) >= 11 is 0. The number of aryl methyl sites for hydroxylation is 3. The van der Waals surface area contributed by atoms with Crippen LogP contribution in [-0.4, -0.2) is 67.8 Å². The van der Waals surface area contributed by atoms with Crippen LogP contribution in [0.25, 0.3) is 10.9 Å². The first-order chi connectivity index (χ1) is 20.3. The first-order valence-electron chi connectivity index (χ1n) is 13.9. The minimum Gasteiger partial charge on any atom is -0.497 e. The molecule has 0 atom stereocenters. The Morgan fingerprint density at radius 3 is 1.98 bits per heavy atom. The Kier molecular flexibility index (Phi) is 11.9. The van der Waals surface area contributed by atoms with E-state index in [0.29, 0.717) is 53.5 Å². The van der Waals surface area contributed by atoms with Crippen molar-refractivity contribution < 1.29 is 34.0 Å². The second-order valence-corrected chi connectivity index (χ2v) is 10.5. The van der Waals surface area contributed by atoms with Gasteiger partial charge in [-0.2, -0.15) is 0 Å². The Bertz CT molecular complexity index is 1490. The molecule has 0 unspecified atom stereocenters. The molecule has 3 aromatic carbocycles. The number of methoxy groups -OCH3 is 4. The molecule has 9 nitrogen and oxygen atoms in total. The van der Waals surface area contributed by atoms with Gasteiger partial charge in [-0.15, -0.1) is 12.4 Å². The van der Waals surface area contributed by atoms with Crippen LogP contribution in [0.3, 0.4) is 0 Å². The van der Waals surface area contributed by atoms with Gasteiger partial charge in [0.2, 0.25) is 5.75 Å². The molecule has 0 aliphatic rings. The first-order valence-corrected chi connectivity index (χ1v) is 13.9. The van der Waals surface area contributed by atoms with Crippen molar-refractivity contribution in [2.45, 2.75) is 37.8 Å². The van der Waals surface area contributed by atoms with Gasteiger partial charge in [-0.05, 0) is 61.1 Å². The molecule has 0 aliphatic heterocycles. The van der Waals surface area contributed by atoms with E-state index in [2.05, 4.69) is 28.8 Å². The van der Waals surface area contributed by atoms with Crippen molar-refractivity contribution in [1.29, 1.82) is 0 Å². The van der Waals surface area contributed by atoms with Crippen molar-refractivity contribution in [2.24, 2.45) is 5.73 Å². The quantitative estimate of drug-likeness (QED) is 0.167. The maximum absolute atomic E-state index is 13.8. The molecule has 4 rings (SSSR count). The molecule has 0 fully saturated rings. The summed E-state index contributed by atoms with van der Waals surface area (Å²) in [4.78, 5) is 13.8. The average molecular weight is 613 g/mol. The topological polar surface area (TPSA) is 125 Å². The highest BCUT2D eigenvalue weighted by Crippen LogP contribution is 2.39. The predicted molar refractivity (Wildman–Crippen MR) is 169 cm³/mol. The highest BCUT2D eigenvalue weighted by molar-refractivity contribution is 6.17. The maximum atomic E-state index is 13.8. The van der Waals surface area contributed by atoms with E-state index in [1.165, 1.54) is 26.9 Å². The van der Waals surface area contributed by atoms with Crippen LogP contribution in [0.1, 0.15) is 39.9 Å². The fraction of sp³-hybridized carbons (Fsp3) is 0.364. The van der Waals surface area contributed by atoms with E-state index in [9.17, 15) is 15.0 Å². The van der Waals surface area contributed by atoms with Crippen molar-refractivity contribution in [3.8, 4) is 23.0 Å². The Morgan fingerprint density at radius 1 is 0.837 bits per heavy atom. The van der Waals surface area contributed by atoms with Gasteiger partial charge in [0, 0.05) is 35.3 Å². The summed E-state index contributed by atoms with van der Waals surface area (Å²) < 4.78 is 23.9. The molecule has 4 N–H and O–H groups in total. The molecule has 1 heterocycles. The average Bonchev–Trinajstić information content (AvgIpc) is 3.40. The van der Waals surface area contributed by atoms with E-state index in [-0.39, 0.29) is 31.4 Å². The normalized spacial score (nSPS) is 11.2. The Hall–Kier alpha value is -3.76. The summed E-state index contributed by atoms with van der Waals surface area (Å²) in [5.41, 5.74) is 9.26. The van der Waals surface area contributed by atoms with E-state index in [1.54, 1.807) is 19.2 Å². The molecular formula is C33H41ClN2O7. The fourth-order valence-corrected chi connectivity index (χ4v) is 5.06. The summed E-state index contributed by atoms with van der Waals surface area (Å²) in [7, 11) is 6.20. The third-order valence-electron chi connectivity index (χ3n) is 7.69. The third kappa shape index (κ3) is 7.61. The molecule has 43 heavy (non-hydrogen) atoms. The number of ether oxygens (including phenoxy) is 4. The number of carbonyl (C=O) groups excluding carboxylic acids is 1. The lowest BCUT2D eigenvalue weighted by molar-refractivity contribution is 0.103. The van der Waals surface area contributed by atoms with Crippen molar-refractivity contribution >= 4 is 29.1 Å². The summed E-state index contributed by atoms with van der Waals surface area (Å²) in [5, 5.41) is 19.7. The number of aliphatic hydroxyl groups excluding tert-OH is 2. The van der Waals surface area contributed by atoms with Crippen LogP contribution >= 0.6 is 12.4 Å². The van der Waals surface area contributed by atoms with E-state index in [1.807, 2.05) is 24.4 Å². The van der Waals surface area contributed by atoms with E-state index >= 15 is 0 Å². The number of nitrogens with two attached hydrogens (primary N) is 1. The van der Waals surface area contributed by atoms with Gasteiger partial charge in [-0.1, -0.05) is 24.3 Å². The van der Waals surface area contributed by atoms with Gasteiger partial charge in [-0.25, -0.2) is 0 Å². The maximum Gasteiger partial charge on any atom is 0.203 e. The van der Waals surface area contributed by atoms with Crippen LogP contribution in [0.5, 0.6) is 23.0 Å². The monoisotopic (exact) mass is 612 g/mol. The minimum absolute atomic E-state index is 0. The SMILES string of the molecule is COc1ccc2c(C(=O)c3cc(OC)c(OC)c(OC)c3)cn(CCCc3ccc(CCC(N)(CO)CO)cc3)c2c1.Cl. The third-order valence-corrected chi connectivity index (χ3v) is 7.69. The molecular weight excluding hydrogens is 572 g/mol. The Balaban J connectivity index is 0.00000506. The highest BCUT2D eigenvalue weighted by atomic mass is 35.5. The van der Waals surface area contributed by atoms with Crippen molar-refractivity contribution in [3.63, 3.8) is 0 Å². The first kappa shape index (κ1) is 33.7. The largest absolute Gasteiger partial charge is 0.497 e. The van der Waals surface area contributed by atoms with Crippen LogP contribution in [0, 0.1) is 0 Å². The highest BCUT2D eigenvalue weighted by Gasteiger charge is 2.23. The molecule has 0 amide bonds. The van der Waals surface area contributed by atoms with Crippen molar-refractivity contribution in [2.75, 3.05) is 41.7 Å². The lowest BCUT2D eigenvalue weighted by Crippen LogP contribution is -2.47. The summed E-state index contributed by atoms with van der Waals surface area (Å²) in [6.07, 6.45) is 4.80. The minimum atomic E-state index is -0.966. The van der Waals surface area contributed by atoms with Gasteiger partial charge in [0.25, 0.3) is 0 Å². The molecule has 0 radical (unpaired) electrons. The van der Waals surface area contributed by atoms with E-state index in [0.717, 1.165) is 29.3 Å². The number of aliphatic hydroxyl groups is 2. The number of carbonyl (C=O) groups is 1. The van der Waals surface area contributed by atoms with Crippen LogP contribution in [0.4, 0.5) is 0 Å². The molecule has 0 bridgehead atoms. The number of ketones is 1. The molecule has 1 aromatic heterocycles. The van der Waals surface area contributed by atoms with E-state index in [4.69, 9.17) is 24.7 Å². The second-order valence-electron chi connectivity index (χ2n) is 10.5. The summed E-state index contributed by atoms with van der Waals surface area (Å²) in [6, 6.07) is 17.4. The number of hydrogen-bond acceptors (Lipinski definition) is 8. The molecule has 0 spiro atoms. The molecule has 0 aliphatic carbocycles.